The summed E-state index contributed by atoms with van der Waals surface area (Å²) in [7, 11) is 0. The van der Waals surface area contributed by atoms with Crippen LogP contribution in [0.4, 0.5) is 0 Å². The van der Waals surface area contributed by atoms with Gasteiger partial charge >= 0.3 is 0 Å². The van der Waals surface area contributed by atoms with Crippen LogP contribution in [0.3, 0.4) is 0 Å². The quantitative estimate of drug-likeness (QED) is 0.466. The molecule has 1 nitrogen and oxygen atoms in total. The third-order valence-electron chi connectivity index (χ3n) is 0.882. The lowest BCUT2D eigenvalue weighted by molar-refractivity contribution is 1.46. The maximum absolute atomic E-state index is 3.97. The first kappa shape index (κ1) is 4.31. The molecule has 0 aliphatic carbocycles. The Kier molecular flexibility index (Phi) is 1.07. The van der Waals surface area contributed by atoms with Crippen molar-refractivity contribution in [3.05, 3.63) is 24.4 Å². The zero-order chi connectivity index (χ0) is 5.11. The smallest absolute Gasteiger partial charge is 0.0583 e. The van der Waals surface area contributed by atoms with Gasteiger partial charge in [0.2, 0.25) is 0 Å². The molecule has 36 valence electrons. The molecule has 0 aromatic carbocycles. The van der Waals surface area contributed by atoms with E-state index in [4.69, 9.17) is 0 Å². The van der Waals surface area contributed by atoms with Gasteiger partial charge < -0.3 is 0 Å². The van der Waals surface area contributed by atoms with Crippen LogP contribution in [0.25, 0.3) is 0 Å². The Morgan fingerprint density at radius 1 is 1.86 bits per heavy atom. The molecular formula is C6H7N. The Balaban J connectivity index is 2.69. The highest BCUT2D eigenvalue weighted by molar-refractivity contribution is 5.65. The molecule has 7 heavy (non-hydrogen) atoms. The van der Waals surface area contributed by atoms with E-state index in [-0.39, 0.29) is 0 Å². The minimum Gasteiger partial charge on any atom is -0.261 e. The van der Waals surface area contributed by atoms with Gasteiger partial charge in [-0.1, -0.05) is 12.7 Å². The first-order chi connectivity index (χ1) is 3.43. The van der Waals surface area contributed by atoms with E-state index in [0.717, 1.165) is 12.1 Å². The fraction of sp³-hybridized carbons (Fsp3) is 0.167. The van der Waals surface area contributed by atoms with Gasteiger partial charge in [-0.3, -0.25) is 4.99 Å². The molecule has 1 rings (SSSR count). The first-order valence-corrected chi connectivity index (χ1v) is 2.28. The highest BCUT2D eigenvalue weighted by atomic mass is 14.7. The van der Waals surface area contributed by atoms with Crippen molar-refractivity contribution >= 4 is 6.21 Å². The Hall–Kier alpha value is -0.850. The van der Waals surface area contributed by atoms with Crippen LogP contribution in [-0.4, -0.2) is 6.21 Å². The summed E-state index contributed by atoms with van der Waals surface area (Å²) in [6.07, 6.45) is 6.63. The minimum absolute atomic E-state index is 0.974. The lowest BCUT2D eigenvalue weighted by atomic mass is 10.4. The molecule has 0 aromatic heterocycles. The van der Waals surface area contributed by atoms with E-state index in [0.29, 0.717) is 0 Å². The SMILES string of the molecule is C=CC1=CCC=N1. The van der Waals surface area contributed by atoms with Crippen LogP contribution in [0.15, 0.2) is 29.4 Å². The summed E-state index contributed by atoms with van der Waals surface area (Å²) in [6.45, 7) is 3.56. The van der Waals surface area contributed by atoms with Crippen molar-refractivity contribution in [3.8, 4) is 0 Å². The lowest BCUT2D eigenvalue weighted by Gasteiger charge is -1.77. The predicted molar refractivity (Wildman–Crippen MR) is 31.4 cm³/mol. The molecule has 1 heterocycles. The van der Waals surface area contributed by atoms with Crippen molar-refractivity contribution in [2.24, 2.45) is 4.99 Å². The summed E-state index contributed by atoms with van der Waals surface area (Å²) >= 11 is 0. The van der Waals surface area contributed by atoms with Crippen LogP contribution in [0.2, 0.25) is 0 Å². The molecule has 0 atom stereocenters. The predicted octanol–water partition coefficient (Wildman–Crippen LogP) is 1.53. The van der Waals surface area contributed by atoms with Crippen LogP contribution >= 0.6 is 0 Å². The Bertz CT molecular complexity index is 131. The largest absolute Gasteiger partial charge is 0.261 e. The first-order valence-electron chi connectivity index (χ1n) is 2.28. The zero-order valence-corrected chi connectivity index (χ0v) is 4.09. The van der Waals surface area contributed by atoms with Crippen molar-refractivity contribution in [1.29, 1.82) is 0 Å². The molecule has 0 bridgehead atoms. The molecule has 1 heteroatoms. The highest BCUT2D eigenvalue weighted by Gasteiger charge is 1.88. The van der Waals surface area contributed by atoms with Gasteiger partial charge in [0.25, 0.3) is 0 Å². The van der Waals surface area contributed by atoms with Crippen LogP contribution < -0.4 is 0 Å². The third-order valence-corrected chi connectivity index (χ3v) is 0.882. The Labute approximate surface area is 43.1 Å². The van der Waals surface area contributed by atoms with Gasteiger partial charge in [0, 0.05) is 12.6 Å². The monoisotopic (exact) mass is 93.1 g/mol. The second kappa shape index (κ2) is 1.73. The summed E-state index contributed by atoms with van der Waals surface area (Å²) in [5.41, 5.74) is 1.00. The molecule has 1 aliphatic heterocycles. The van der Waals surface area contributed by atoms with Gasteiger partial charge in [-0.2, -0.15) is 0 Å². The summed E-state index contributed by atoms with van der Waals surface area (Å²) in [5, 5.41) is 0. The van der Waals surface area contributed by atoms with Crippen molar-refractivity contribution in [3.63, 3.8) is 0 Å². The van der Waals surface area contributed by atoms with Crippen molar-refractivity contribution in [2.75, 3.05) is 0 Å². The van der Waals surface area contributed by atoms with E-state index in [2.05, 4.69) is 11.6 Å². The number of hydrogen-bond donors (Lipinski definition) is 0. The van der Waals surface area contributed by atoms with E-state index in [1.165, 1.54) is 0 Å². The number of hydrogen-bond acceptors (Lipinski definition) is 1. The van der Waals surface area contributed by atoms with E-state index in [1.807, 2.05) is 12.3 Å². The maximum Gasteiger partial charge on any atom is 0.0583 e. The molecular weight excluding hydrogens is 86.1 g/mol. The normalized spacial score (nSPS) is 16.9. The summed E-state index contributed by atoms with van der Waals surface area (Å²) in [4.78, 5) is 3.97. The molecule has 0 saturated heterocycles. The lowest BCUT2D eigenvalue weighted by Crippen LogP contribution is -1.57. The number of aliphatic imine (C=N–C) groups is 1. The fourth-order valence-corrected chi connectivity index (χ4v) is 0.520. The maximum atomic E-state index is 3.97. The van der Waals surface area contributed by atoms with Crippen LogP contribution in [0.1, 0.15) is 6.42 Å². The molecule has 0 fully saturated rings. The molecule has 0 saturated carbocycles. The summed E-state index contributed by atoms with van der Waals surface area (Å²) < 4.78 is 0. The van der Waals surface area contributed by atoms with E-state index in [1.54, 1.807) is 6.08 Å². The summed E-state index contributed by atoms with van der Waals surface area (Å²) in [5.74, 6) is 0. The number of rotatable bonds is 1. The number of allylic oxidation sites excluding steroid dienone is 2. The molecule has 1 aliphatic rings. The van der Waals surface area contributed by atoms with Gasteiger partial charge in [0.15, 0.2) is 0 Å². The summed E-state index contributed by atoms with van der Waals surface area (Å²) in [6, 6.07) is 0. The van der Waals surface area contributed by atoms with Gasteiger partial charge in [-0.15, -0.1) is 0 Å². The Morgan fingerprint density at radius 3 is 3.00 bits per heavy atom. The molecule has 0 unspecified atom stereocenters. The minimum atomic E-state index is 0.974. The van der Waals surface area contributed by atoms with Crippen molar-refractivity contribution in [2.45, 2.75) is 6.42 Å². The average molecular weight is 93.1 g/mol. The highest BCUT2D eigenvalue weighted by Crippen LogP contribution is 2.03. The second-order valence-electron chi connectivity index (χ2n) is 1.38. The molecule has 0 spiro atoms. The fourth-order valence-electron chi connectivity index (χ4n) is 0.520. The molecule has 0 amide bonds. The Morgan fingerprint density at radius 2 is 2.71 bits per heavy atom. The molecule has 0 radical (unpaired) electrons. The van der Waals surface area contributed by atoms with Crippen LogP contribution in [-0.2, 0) is 0 Å². The van der Waals surface area contributed by atoms with Crippen molar-refractivity contribution in [1.82, 2.24) is 0 Å². The topological polar surface area (TPSA) is 12.4 Å². The van der Waals surface area contributed by atoms with Gasteiger partial charge in [0.05, 0.1) is 5.70 Å². The number of nitrogens with zero attached hydrogens (tertiary/aromatic N) is 1. The van der Waals surface area contributed by atoms with E-state index in [9.17, 15) is 0 Å². The van der Waals surface area contributed by atoms with Gasteiger partial charge in [0.1, 0.15) is 0 Å². The molecule has 0 N–H and O–H groups in total. The third kappa shape index (κ3) is 0.769. The van der Waals surface area contributed by atoms with E-state index < -0.39 is 0 Å². The van der Waals surface area contributed by atoms with E-state index >= 15 is 0 Å². The van der Waals surface area contributed by atoms with Crippen molar-refractivity contribution < 1.29 is 0 Å². The average Bonchev–Trinajstić information content (AvgIpc) is 2.14. The molecule has 0 aromatic rings. The standard InChI is InChI=1S/C6H7N/c1-2-6-4-3-5-7-6/h2,4-5H,1,3H2. The van der Waals surface area contributed by atoms with Crippen LogP contribution in [0.5, 0.6) is 0 Å². The van der Waals surface area contributed by atoms with Crippen LogP contribution in [0, 0.1) is 0 Å². The second-order valence-corrected chi connectivity index (χ2v) is 1.38. The van der Waals surface area contributed by atoms with Gasteiger partial charge in [-0.05, 0) is 6.08 Å². The van der Waals surface area contributed by atoms with Gasteiger partial charge in [-0.25, -0.2) is 0 Å². The zero-order valence-electron chi connectivity index (χ0n) is 4.09.